The zero-order chi connectivity index (χ0) is 25.2. The van der Waals surface area contributed by atoms with E-state index in [-0.39, 0.29) is 38.0 Å². The fourth-order valence-corrected chi connectivity index (χ4v) is 3.58. The minimum Gasteiger partial charge on any atom is -0.493 e. The van der Waals surface area contributed by atoms with E-state index in [0.717, 1.165) is 0 Å². The maximum atomic E-state index is 13.0. The van der Waals surface area contributed by atoms with Gasteiger partial charge >= 0.3 is 6.09 Å². The molecule has 1 aromatic carbocycles. The van der Waals surface area contributed by atoms with Crippen LogP contribution < -0.4 is 14.8 Å². The molecule has 35 heavy (non-hydrogen) atoms. The summed E-state index contributed by atoms with van der Waals surface area (Å²) in [6.45, 7) is 7.69. The topological polar surface area (TPSA) is 95.7 Å². The quantitative estimate of drug-likeness (QED) is 0.440. The summed E-state index contributed by atoms with van der Waals surface area (Å²) in [6, 6.07) is 8.38. The van der Waals surface area contributed by atoms with Crippen molar-refractivity contribution in [2.75, 3.05) is 13.2 Å². The molecule has 1 fully saturated rings. The maximum absolute atomic E-state index is 13.0. The van der Waals surface area contributed by atoms with Crippen molar-refractivity contribution in [3.8, 4) is 23.1 Å². The molecule has 0 saturated heterocycles. The van der Waals surface area contributed by atoms with Crippen LogP contribution >= 0.6 is 0 Å². The first-order chi connectivity index (χ1) is 16.5. The van der Waals surface area contributed by atoms with Gasteiger partial charge in [-0.3, -0.25) is 0 Å². The third kappa shape index (κ3) is 6.80. The van der Waals surface area contributed by atoms with Crippen molar-refractivity contribution >= 4 is 17.2 Å². The van der Waals surface area contributed by atoms with E-state index in [1.165, 1.54) is 0 Å². The van der Waals surface area contributed by atoms with Gasteiger partial charge in [-0.2, -0.15) is 0 Å². The number of hydrogen-bond donors (Lipinski definition) is 1. The first-order valence-electron chi connectivity index (χ1n) is 11.5. The molecule has 0 aliphatic heterocycles. The van der Waals surface area contributed by atoms with E-state index < -0.39 is 17.6 Å². The molecule has 3 aromatic rings. The van der Waals surface area contributed by atoms with Crippen LogP contribution in [0.25, 0.3) is 22.7 Å². The Bertz CT molecular complexity index is 1170. The van der Waals surface area contributed by atoms with E-state index in [9.17, 15) is 13.6 Å². The van der Waals surface area contributed by atoms with Crippen molar-refractivity contribution < 1.29 is 32.2 Å². The summed E-state index contributed by atoms with van der Waals surface area (Å²) in [6.07, 6.45) is 0.780. The molecular weight excluding hydrogens is 460 g/mol. The number of alkyl halides is 2. The highest BCUT2D eigenvalue weighted by molar-refractivity contribution is 5.77. The first-order valence-corrected chi connectivity index (χ1v) is 11.5. The van der Waals surface area contributed by atoms with Crippen LogP contribution in [0.3, 0.4) is 0 Å². The van der Waals surface area contributed by atoms with Gasteiger partial charge in [-0.15, -0.1) is 0 Å². The Morgan fingerprint density at radius 2 is 1.94 bits per heavy atom. The summed E-state index contributed by atoms with van der Waals surface area (Å²) in [4.78, 5) is 20.6. The van der Waals surface area contributed by atoms with Gasteiger partial charge in [-0.25, -0.2) is 23.5 Å². The molecule has 188 valence electrons. The molecule has 0 spiro atoms. The molecule has 2 aromatic heterocycles. The van der Waals surface area contributed by atoms with Gasteiger partial charge in [0.05, 0.1) is 18.8 Å². The number of oxazole rings is 1. The lowest BCUT2D eigenvalue weighted by atomic mass is 9.82. The van der Waals surface area contributed by atoms with Crippen molar-refractivity contribution in [3.05, 3.63) is 36.5 Å². The molecule has 10 heteroatoms. The van der Waals surface area contributed by atoms with Gasteiger partial charge in [-0.1, -0.05) is 0 Å². The van der Waals surface area contributed by atoms with E-state index in [2.05, 4.69) is 15.3 Å². The fraction of sp³-hybridized carbons (Fsp3) is 0.480. The second-order valence-electron chi connectivity index (χ2n) is 9.83. The third-order valence-electron chi connectivity index (χ3n) is 5.24. The van der Waals surface area contributed by atoms with E-state index in [0.29, 0.717) is 34.2 Å². The van der Waals surface area contributed by atoms with Crippen LogP contribution in [0.2, 0.25) is 0 Å². The standard InChI is InChI=1S/C25H29F2N3O5/c1-15(29-23(31)35-24(2,3)4)13-32-18-6-8-20(28-12-18)22-30-19-7-5-17(9-21(19)34-22)33-14-16-10-25(26,27)11-16/h5-9,12,15-16H,10-11,13-14H2,1-4H3,(H,29,31)/t15-/m0/s1. The van der Waals surface area contributed by atoms with Crippen LogP contribution in [0.15, 0.2) is 40.9 Å². The highest BCUT2D eigenvalue weighted by Gasteiger charge is 2.45. The Kier molecular flexibility index (Phi) is 6.82. The normalized spacial score (nSPS) is 16.4. The van der Waals surface area contributed by atoms with E-state index >= 15 is 0 Å². The van der Waals surface area contributed by atoms with Gasteiger partial charge in [-0.05, 0) is 52.0 Å². The minimum absolute atomic E-state index is 0.132. The summed E-state index contributed by atoms with van der Waals surface area (Å²) in [7, 11) is 0. The number of alkyl carbamates (subject to hydrolysis) is 1. The monoisotopic (exact) mass is 489 g/mol. The van der Waals surface area contributed by atoms with Crippen LogP contribution in [-0.2, 0) is 4.74 Å². The summed E-state index contributed by atoms with van der Waals surface area (Å²) < 4.78 is 48.3. The zero-order valence-corrected chi connectivity index (χ0v) is 20.1. The summed E-state index contributed by atoms with van der Waals surface area (Å²) in [5, 5.41) is 2.71. The molecule has 4 rings (SSSR count). The third-order valence-corrected chi connectivity index (χ3v) is 5.24. The molecule has 1 amide bonds. The average Bonchev–Trinajstić information content (AvgIpc) is 3.17. The maximum Gasteiger partial charge on any atom is 0.407 e. The number of nitrogens with one attached hydrogen (secondary N) is 1. The van der Waals surface area contributed by atoms with Crippen LogP contribution in [0, 0.1) is 5.92 Å². The van der Waals surface area contributed by atoms with Crippen LogP contribution in [-0.4, -0.2) is 46.8 Å². The SMILES string of the molecule is C[C@@H](COc1ccc(-c2nc3ccc(OCC4CC(F)(F)C4)cc3o2)nc1)NC(=O)OC(C)(C)C. The number of rotatable bonds is 8. The van der Waals surface area contributed by atoms with E-state index in [1.807, 2.05) is 6.92 Å². The average molecular weight is 490 g/mol. The molecule has 0 bridgehead atoms. The number of amides is 1. The van der Waals surface area contributed by atoms with Gasteiger partial charge in [0.15, 0.2) is 5.58 Å². The van der Waals surface area contributed by atoms with Gasteiger partial charge in [0.25, 0.3) is 0 Å². The highest BCUT2D eigenvalue weighted by atomic mass is 19.3. The second-order valence-corrected chi connectivity index (χ2v) is 9.83. The first kappa shape index (κ1) is 24.7. The van der Waals surface area contributed by atoms with Crippen LogP contribution in [0.4, 0.5) is 13.6 Å². The number of benzene rings is 1. The molecule has 1 N–H and O–H groups in total. The Morgan fingerprint density at radius 3 is 2.60 bits per heavy atom. The van der Waals surface area contributed by atoms with Gasteiger partial charge in [0, 0.05) is 24.8 Å². The van der Waals surface area contributed by atoms with Gasteiger partial charge in [0.1, 0.15) is 34.9 Å². The molecule has 0 radical (unpaired) electrons. The van der Waals surface area contributed by atoms with Crippen molar-refractivity contribution in [2.45, 2.75) is 58.1 Å². The van der Waals surface area contributed by atoms with Crippen LogP contribution in [0.1, 0.15) is 40.5 Å². The number of hydrogen-bond acceptors (Lipinski definition) is 7. The molecule has 1 atom stereocenters. The highest BCUT2D eigenvalue weighted by Crippen LogP contribution is 2.42. The molecule has 1 saturated carbocycles. The molecular formula is C25H29F2N3O5. The number of aromatic nitrogens is 2. The summed E-state index contributed by atoms with van der Waals surface area (Å²) >= 11 is 0. The number of carbonyl (C=O) groups excluding carboxylic acids is 1. The number of fused-ring (bicyclic) bond motifs is 1. The van der Waals surface area contributed by atoms with E-state index in [4.69, 9.17) is 18.6 Å². The molecule has 2 heterocycles. The minimum atomic E-state index is -2.55. The summed E-state index contributed by atoms with van der Waals surface area (Å²) in [5.41, 5.74) is 1.10. The fourth-order valence-electron chi connectivity index (χ4n) is 3.58. The molecule has 0 unspecified atom stereocenters. The lowest BCUT2D eigenvalue weighted by Crippen LogP contribution is -2.40. The summed E-state index contributed by atoms with van der Waals surface area (Å²) in [5.74, 6) is -1.28. The van der Waals surface area contributed by atoms with Gasteiger partial charge in [0.2, 0.25) is 11.8 Å². The lowest BCUT2D eigenvalue weighted by Gasteiger charge is -2.34. The van der Waals surface area contributed by atoms with Gasteiger partial charge < -0.3 is 23.9 Å². The zero-order valence-electron chi connectivity index (χ0n) is 20.1. The lowest BCUT2D eigenvalue weighted by molar-refractivity contribution is -0.119. The van der Waals surface area contributed by atoms with Crippen molar-refractivity contribution in [1.82, 2.24) is 15.3 Å². The molecule has 1 aliphatic carbocycles. The number of ether oxygens (including phenoxy) is 3. The van der Waals surface area contributed by atoms with Crippen molar-refractivity contribution in [3.63, 3.8) is 0 Å². The molecule has 8 nitrogen and oxygen atoms in total. The largest absolute Gasteiger partial charge is 0.493 e. The smallest absolute Gasteiger partial charge is 0.407 e. The number of halogens is 2. The number of nitrogens with zero attached hydrogens (tertiary/aromatic N) is 2. The number of carbonyl (C=O) groups is 1. The van der Waals surface area contributed by atoms with Crippen molar-refractivity contribution in [1.29, 1.82) is 0 Å². The van der Waals surface area contributed by atoms with Crippen molar-refractivity contribution in [2.24, 2.45) is 5.92 Å². The Hall–Kier alpha value is -3.43. The Labute approximate surface area is 202 Å². The second kappa shape index (κ2) is 9.67. The predicted octanol–water partition coefficient (Wildman–Crippen LogP) is 5.61. The predicted molar refractivity (Wildman–Crippen MR) is 125 cm³/mol. The number of pyridine rings is 1. The van der Waals surface area contributed by atoms with E-state index in [1.54, 1.807) is 57.3 Å². The Balaban J connectivity index is 1.30. The van der Waals surface area contributed by atoms with Crippen LogP contribution in [0.5, 0.6) is 11.5 Å². The Morgan fingerprint density at radius 1 is 1.20 bits per heavy atom. The molecule has 1 aliphatic rings.